The van der Waals surface area contributed by atoms with Crippen LogP contribution in [0, 0.1) is 0 Å². The molecule has 5 heteroatoms. The third-order valence-electron chi connectivity index (χ3n) is 2.32. The summed E-state index contributed by atoms with van der Waals surface area (Å²) in [6.45, 7) is 2.53. The third kappa shape index (κ3) is 2.29. The molecule has 1 fully saturated rings. The van der Waals surface area contributed by atoms with Gasteiger partial charge in [-0.2, -0.15) is 0 Å². The van der Waals surface area contributed by atoms with E-state index < -0.39 is 0 Å². The third-order valence-corrected chi connectivity index (χ3v) is 3.41. The molecule has 0 spiro atoms. The van der Waals surface area contributed by atoms with Crippen LogP contribution < -0.4 is 5.32 Å². The fraction of sp³-hybridized carbons (Fsp3) is 0.778. The molecule has 4 nitrogen and oxygen atoms in total. The fourth-order valence-corrected chi connectivity index (χ4v) is 2.56. The predicted octanol–water partition coefficient (Wildman–Crippen LogP) is 1.15. The topological polar surface area (TPSA) is 47.0 Å². The minimum absolute atomic E-state index is 0.479. The lowest BCUT2D eigenvalue weighted by Gasteiger charge is -2.19. The van der Waals surface area contributed by atoms with E-state index >= 15 is 0 Å². The quantitative estimate of drug-likeness (QED) is 0.818. The minimum atomic E-state index is 0.479. The number of aromatic nitrogens is 2. The van der Waals surface area contributed by atoms with Crippen molar-refractivity contribution in [1.29, 1.82) is 0 Å². The number of nitrogens with zero attached hydrogens (tertiary/aromatic N) is 2. The zero-order chi connectivity index (χ0) is 9.80. The van der Waals surface area contributed by atoms with Gasteiger partial charge in [0.05, 0.1) is 6.61 Å². The van der Waals surface area contributed by atoms with Gasteiger partial charge >= 0.3 is 0 Å². The average Bonchev–Trinajstić information content (AvgIpc) is 2.68. The molecule has 78 valence electrons. The van der Waals surface area contributed by atoms with Gasteiger partial charge in [0.15, 0.2) is 0 Å². The van der Waals surface area contributed by atoms with Crippen molar-refractivity contribution in [1.82, 2.24) is 15.5 Å². The minimum Gasteiger partial charge on any atom is -0.381 e. The summed E-state index contributed by atoms with van der Waals surface area (Å²) in [5, 5.41) is 13.6. The predicted molar refractivity (Wildman–Crippen MR) is 55.5 cm³/mol. The summed E-state index contributed by atoms with van der Waals surface area (Å²) in [7, 11) is 1.92. The standard InChI is InChI=1S/C9H15N3OS/c1-10-5-8-11-12-9(14-8)7-3-2-4-13-6-7/h7,10H,2-6H2,1H3. The summed E-state index contributed by atoms with van der Waals surface area (Å²) in [6.07, 6.45) is 2.33. The van der Waals surface area contributed by atoms with Crippen LogP contribution in [0.25, 0.3) is 0 Å². The van der Waals surface area contributed by atoms with Gasteiger partial charge in [-0.05, 0) is 19.9 Å². The molecular formula is C9H15N3OS. The molecule has 1 saturated heterocycles. The first-order chi connectivity index (χ1) is 6.90. The summed E-state index contributed by atoms with van der Waals surface area (Å²) in [5.74, 6) is 0.479. The van der Waals surface area contributed by atoms with Crippen molar-refractivity contribution in [2.24, 2.45) is 0 Å². The van der Waals surface area contributed by atoms with Crippen molar-refractivity contribution in [2.75, 3.05) is 20.3 Å². The molecule has 1 aliphatic rings. The maximum absolute atomic E-state index is 5.43. The van der Waals surface area contributed by atoms with Crippen LogP contribution in [0.3, 0.4) is 0 Å². The highest BCUT2D eigenvalue weighted by Gasteiger charge is 2.19. The first kappa shape index (κ1) is 10.0. The van der Waals surface area contributed by atoms with Gasteiger partial charge in [0.2, 0.25) is 0 Å². The number of hydrogen-bond donors (Lipinski definition) is 1. The molecule has 1 aliphatic heterocycles. The molecule has 1 atom stereocenters. The smallest absolute Gasteiger partial charge is 0.131 e. The summed E-state index contributed by atoms with van der Waals surface area (Å²) < 4.78 is 5.43. The van der Waals surface area contributed by atoms with Gasteiger partial charge < -0.3 is 10.1 Å². The summed E-state index contributed by atoms with van der Waals surface area (Å²) in [4.78, 5) is 0. The monoisotopic (exact) mass is 213 g/mol. The first-order valence-electron chi connectivity index (χ1n) is 4.95. The molecule has 1 aromatic rings. The fourth-order valence-electron chi connectivity index (χ4n) is 1.59. The van der Waals surface area contributed by atoms with Gasteiger partial charge in [-0.1, -0.05) is 11.3 Å². The van der Waals surface area contributed by atoms with Crippen LogP contribution >= 0.6 is 11.3 Å². The molecule has 0 radical (unpaired) electrons. The van der Waals surface area contributed by atoms with E-state index in [1.54, 1.807) is 11.3 Å². The van der Waals surface area contributed by atoms with E-state index in [1.165, 1.54) is 6.42 Å². The van der Waals surface area contributed by atoms with E-state index in [-0.39, 0.29) is 0 Å². The average molecular weight is 213 g/mol. The maximum Gasteiger partial charge on any atom is 0.131 e. The number of rotatable bonds is 3. The SMILES string of the molecule is CNCc1nnc(C2CCCOC2)s1. The van der Waals surface area contributed by atoms with Crippen LogP contribution in [0.4, 0.5) is 0 Å². The highest BCUT2D eigenvalue weighted by atomic mass is 32.1. The Hall–Kier alpha value is -0.520. The molecule has 0 bridgehead atoms. The second-order valence-electron chi connectivity index (χ2n) is 3.48. The summed E-state index contributed by atoms with van der Waals surface area (Å²) in [5.41, 5.74) is 0. The molecular weight excluding hydrogens is 198 g/mol. The van der Waals surface area contributed by atoms with Crippen LogP contribution in [-0.2, 0) is 11.3 Å². The lowest BCUT2D eigenvalue weighted by Crippen LogP contribution is -2.15. The van der Waals surface area contributed by atoms with Crippen molar-refractivity contribution in [3.8, 4) is 0 Å². The molecule has 1 N–H and O–H groups in total. The zero-order valence-corrected chi connectivity index (χ0v) is 9.14. The lowest BCUT2D eigenvalue weighted by molar-refractivity contribution is 0.0802. The Bertz CT molecular complexity index is 283. The summed E-state index contributed by atoms with van der Waals surface area (Å²) in [6, 6.07) is 0. The van der Waals surface area contributed by atoms with Gasteiger partial charge in [0.1, 0.15) is 10.0 Å². The molecule has 1 aromatic heterocycles. The van der Waals surface area contributed by atoms with Crippen LogP contribution in [-0.4, -0.2) is 30.5 Å². The van der Waals surface area contributed by atoms with Crippen LogP contribution in [0.1, 0.15) is 28.8 Å². The van der Waals surface area contributed by atoms with E-state index in [2.05, 4.69) is 15.5 Å². The second kappa shape index (κ2) is 4.82. The van der Waals surface area contributed by atoms with Crippen molar-refractivity contribution >= 4 is 11.3 Å². The molecule has 2 heterocycles. The molecule has 0 aromatic carbocycles. The molecule has 2 rings (SSSR count). The highest BCUT2D eigenvalue weighted by Crippen LogP contribution is 2.27. The van der Waals surface area contributed by atoms with Gasteiger partial charge in [0, 0.05) is 19.1 Å². The molecule has 0 saturated carbocycles. The van der Waals surface area contributed by atoms with Crippen molar-refractivity contribution in [3.05, 3.63) is 10.0 Å². The molecule has 0 aliphatic carbocycles. The van der Waals surface area contributed by atoms with Crippen molar-refractivity contribution in [2.45, 2.75) is 25.3 Å². The van der Waals surface area contributed by atoms with E-state index in [0.717, 1.165) is 36.2 Å². The van der Waals surface area contributed by atoms with Gasteiger partial charge in [0.25, 0.3) is 0 Å². The number of hydrogen-bond acceptors (Lipinski definition) is 5. The largest absolute Gasteiger partial charge is 0.381 e. The van der Waals surface area contributed by atoms with E-state index in [1.807, 2.05) is 7.05 Å². The van der Waals surface area contributed by atoms with Gasteiger partial charge in [-0.25, -0.2) is 0 Å². The maximum atomic E-state index is 5.43. The Morgan fingerprint density at radius 3 is 3.21 bits per heavy atom. The first-order valence-corrected chi connectivity index (χ1v) is 5.76. The molecule has 14 heavy (non-hydrogen) atoms. The zero-order valence-electron chi connectivity index (χ0n) is 8.32. The normalized spacial score (nSPS) is 22.5. The number of ether oxygens (including phenoxy) is 1. The second-order valence-corrected chi connectivity index (χ2v) is 4.57. The van der Waals surface area contributed by atoms with E-state index in [9.17, 15) is 0 Å². The Morgan fingerprint density at radius 1 is 1.57 bits per heavy atom. The lowest BCUT2D eigenvalue weighted by atomic mass is 10.0. The van der Waals surface area contributed by atoms with Crippen LogP contribution in [0.5, 0.6) is 0 Å². The van der Waals surface area contributed by atoms with E-state index in [4.69, 9.17) is 4.74 Å². The van der Waals surface area contributed by atoms with Crippen LogP contribution in [0.15, 0.2) is 0 Å². The van der Waals surface area contributed by atoms with E-state index in [0.29, 0.717) is 5.92 Å². The highest BCUT2D eigenvalue weighted by molar-refractivity contribution is 7.11. The Kier molecular flexibility index (Phi) is 3.44. The summed E-state index contributed by atoms with van der Waals surface area (Å²) >= 11 is 1.70. The number of nitrogens with one attached hydrogen (secondary N) is 1. The van der Waals surface area contributed by atoms with Gasteiger partial charge in [-0.3, -0.25) is 0 Å². The van der Waals surface area contributed by atoms with Crippen molar-refractivity contribution in [3.63, 3.8) is 0 Å². The van der Waals surface area contributed by atoms with Gasteiger partial charge in [-0.15, -0.1) is 10.2 Å². The van der Waals surface area contributed by atoms with Crippen LogP contribution in [0.2, 0.25) is 0 Å². The Balaban J connectivity index is 2.00. The van der Waals surface area contributed by atoms with Crippen molar-refractivity contribution < 1.29 is 4.74 Å². The Labute approximate surface area is 87.7 Å². The molecule has 0 amide bonds. The molecule has 1 unspecified atom stereocenters. The Morgan fingerprint density at radius 2 is 2.50 bits per heavy atom.